The van der Waals surface area contributed by atoms with E-state index >= 15 is 0 Å². The van der Waals surface area contributed by atoms with Gasteiger partial charge in [-0.1, -0.05) is 0 Å². The third kappa shape index (κ3) is 3.85. The van der Waals surface area contributed by atoms with Gasteiger partial charge in [-0.2, -0.15) is 0 Å². The number of thiazole rings is 1. The molecule has 0 fully saturated rings. The minimum Gasteiger partial charge on any atom is -0.343 e. The Labute approximate surface area is 112 Å². The number of halogens is 1. The van der Waals surface area contributed by atoms with Crippen LogP contribution in [0.4, 0.5) is 9.52 Å². The Morgan fingerprint density at radius 2 is 2.00 bits per heavy atom. The number of carbonyl (C=O) groups excluding carboxylic acids is 2. The number of aromatic nitrogens is 1. The monoisotopic (exact) mass is 279 g/mol. The molecule has 1 aromatic heterocycles. The van der Waals surface area contributed by atoms with Crippen molar-refractivity contribution in [2.24, 2.45) is 0 Å². The molecule has 5 nitrogen and oxygen atoms in total. The van der Waals surface area contributed by atoms with E-state index in [1.165, 1.54) is 35.6 Å². The third-order valence-electron chi connectivity index (χ3n) is 2.19. The van der Waals surface area contributed by atoms with Crippen LogP contribution in [0.3, 0.4) is 0 Å². The van der Waals surface area contributed by atoms with Crippen LogP contribution in [-0.2, 0) is 4.79 Å². The molecule has 19 heavy (non-hydrogen) atoms. The van der Waals surface area contributed by atoms with Crippen LogP contribution in [0, 0.1) is 5.82 Å². The van der Waals surface area contributed by atoms with E-state index in [0.717, 1.165) is 0 Å². The van der Waals surface area contributed by atoms with Crippen molar-refractivity contribution in [1.29, 1.82) is 0 Å². The van der Waals surface area contributed by atoms with Gasteiger partial charge in [-0.05, 0) is 24.3 Å². The van der Waals surface area contributed by atoms with Crippen LogP contribution < -0.4 is 10.6 Å². The molecule has 0 aliphatic carbocycles. The molecule has 7 heteroatoms. The molecule has 0 atom stereocenters. The van der Waals surface area contributed by atoms with Gasteiger partial charge in [-0.15, -0.1) is 11.3 Å². The highest BCUT2D eigenvalue weighted by Crippen LogP contribution is 2.09. The van der Waals surface area contributed by atoms with E-state index in [-0.39, 0.29) is 12.5 Å². The number of carbonyl (C=O) groups is 2. The molecule has 0 aliphatic rings. The minimum atomic E-state index is -0.436. The molecular weight excluding hydrogens is 269 g/mol. The number of amides is 2. The first-order chi connectivity index (χ1) is 9.15. The van der Waals surface area contributed by atoms with Crippen molar-refractivity contribution in [2.45, 2.75) is 0 Å². The summed E-state index contributed by atoms with van der Waals surface area (Å²) in [6.07, 6.45) is 1.57. The van der Waals surface area contributed by atoms with Crippen molar-refractivity contribution in [2.75, 3.05) is 11.9 Å². The number of nitrogens with one attached hydrogen (secondary N) is 2. The van der Waals surface area contributed by atoms with Crippen LogP contribution in [0.5, 0.6) is 0 Å². The van der Waals surface area contributed by atoms with Crippen molar-refractivity contribution >= 4 is 28.3 Å². The van der Waals surface area contributed by atoms with E-state index in [2.05, 4.69) is 15.6 Å². The summed E-state index contributed by atoms with van der Waals surface area (Å²) in [5, 5.41) is 7.17. The fourth-order valence-electron chi connectivity index (χ4n) is 1.31. The van der Waals surface area contributed by atoms with Crippen LogP contribution in [0.1, 0.15) is 10.4 Å². The second-order valence-corrected chi connectivity index (χ2v) is 4.47. The Bertz CT molecular complexity index is 569. The molecule has 2 rings (SSSR count). The fourth-order valence-corrected chi connectivity index (χ4v) is 1.86. The van der Waals surface area contributed by atoms with Crippen LogP contribution in [-0.4, -0.2) is 23.3 Å². The standard InChI is InChI=1S/C12H10FN3O2S/c13-9-3-1-8(2-4-9)11(18)15-7-10(17)16-12-14-5-6-19-12/h1-6H,7H2,(H,15,18)(H,14,16,17). The summed E-state index contributed by atoms with van der Waals surface area (Å²) in [5.41, 5.74) is 0.295. The maximum Gasteiger partial charge on any atom is 0.251 e. The number of nitrogens with zero attached hydrogens (tertiary/aromatic N) is 1. The number of hydrogen-bond acceptors (Lipinski definition) is 4. The number of benzene rings is 1. The summed E-state index contributed by atoms with van der Waals surface area (Å²) in [5.74, 6) is -1.22. The zero-order valence-electron chi connectivity index (χ0n) is 9.72. The van der Waals surface area contributed by atoms with E-state index < -0.39 is 11.7 Å². The molecule has 0 radical (unpaired) electrons. The topological polar surface area (TPSA) is 71.1 Å². The summed E-state index contributed by atoms with van der Waals surface area (Å²) in [4.78, 5) is 27.0. The van der Waals surface area contributed by atoms with Crippen molar-refractivity contribution < 1.29 is 14.0 Å². The lowest BCUT2D eigenvalue weighted by molar-refractivity contribution is -0.115. The maximum atomic E-state index is 12.7. The minimum absolute atomic E-state index is 0.171. The summed E-state index contributed by atoms with van der Waals surface area (Å²) >= 11 is 1.29. The van der Waals surface area contributed by atoms with Crippen LogP contribution in [0.2, 0.25) is 0 Å². The zero-order chi connectivity index (χ0) is 13.7. The average Bonchev–Trinajstić information content (AvgIpc) is 2.89. The van der Waals surface area contributed by atoms with Crippen LogP contribution in [0.25, 0.3) is 0 Å². The highest BCUT2D eigenvalue weighted by molar-refractivity contribution is 7.13. The van der Waals surface area contributed by atoms with Gasteiger partial charge in [0.25, 0.3) is 5.91 Å². The quantitative estimate of drug-likeness (QED) is 0.894. The van der Waals surface area contributed by atoms with Gasteiger partial charge in [-0.25, -0.2) is 9.37 Å². The number of anilines is 1. The molecule has 2 N–H and O–H groups in total. The first kappa shape index (κ1) is 13.2. The van der Waals surface area contributed by atoms with Gasteiger partial charge in [0.15, 0.2) is 5.13 Å². The van der Waals surface area contributed by atoms with Gasteiger partial charge < -0.3 is 10.6 Å². The Balaban J connectivity index is 1.83. The largest absolute Gasteiger partial charge is 0.343 e. The fraction of sp³-hybridized carbons (Fsp3) is 0.0833. The predicted molar refractivity (Wildman–Crippen MR) is 69.5 cm³/mol. The van der Waals surface area contributed by atoms with Gasteiger partial charge in [0.1, 0.15) is 5.82 Å². The van der Waals surface area contributed by atoms with Crippen molar-refractivity contribution in [3.8, 4) is 0 Å². The number of hydrogen-bond donors (Lipinski definition) is 2. The Morgan fingerprint density at radius 3 is 2.63 bits per heavy atom. The summed E-state index contributed by atoms with van der Waals surface area (Å²) in [6, 6.07) is 5.07. The molecule has 1 heterocycles. The highest BCUT2D eigenvalue weighted by atomic mass is 32.1. The zero-order valence-corrected chi connectivity index (χ0v) is 10.5. The predicted octanol–water partition coefficient (Wildman–Crippen LogP) is 1.65. The molecule has 0 saturated carbocycles. The molecule has 0 spiro atoms. The van der Waals surface area contributed by atoms with Gasteiger partial charge in [0, 0.05) is 17.1 Å². The van der Waals surface area contributed by atoms with Gasteiger partial charge in [-0.3, -0.25) is 9.59 Å². The average molecular weight is 279 g/mol. The third-order valence-corrected chi connectivity index (χ3v) is 2.88. The van der Waals surface area contributed by atoms with Crippen LogP contribution >= 0.6 is 11.3 Å². The Hall–Kier alpha value is -2.28. The first-order valence-electron chi connectivity index (χ1n) is 5.38. The van der Waals surface area contributed by atoms with Gasteiger partial charge in [0.2, 0.25) is 5.91 Å². The molecule has 0 unspecified atom stereocenters. The SMILES string of the molecule is O=C(CNC(=O)c1ccc(F)cc1)Nc1nccs1. The van der Waals surface area contributed by atoms with Crippen molar-refractivity contribution in [1.82, 2.24) is 10.3 Å². The normalized spacial score (nSPS) is 9.95. The number of rotatable bonds is 4. The lowest BCUT2D eigenvalue weighted by atomic mass is 10.2. The molecule has 98 valence electrons. The Morgan fingerprint density at radius 1 is 1.26 bits per heavy atom. The summed E-state index contributed by atoms with van der Waals surface area (Å²) in [6.45, 7) is -0.171. The smallest absolute Gasteiger partial charge is 0.251 e. The molecular formula is C12H10FN3O2S. The Kier molecular flexibility index (Phi) is 4.19. The van der Waals surface area contributed by atoms with Crippen molar-refractivity contribution in [3.63, 3.8) is 0 Å². The summed E-state index contributed by atoms with van der Waals surface area (Å²) in [7, 11) is 0. The van der Waals surface area contributed by atoms with E-state index in [0.29, 0.717) is 10.7 Å². The molecule has 2 aromatic rings. The molecule has 0 saturated heterocycles. The molecule has 1 aromatic carbocycles. The lowest BCUT2D eigenvalue weighted by Gasteiger charge is -2.05. The van der Waals surface area contributed by atoms with Crippen LogP contribution in [0.15, 0.2) is 35.8 Å². The maximum absolute atomic E-state index is 12.7. The van der Waals surface area contributed by atoms with Crippen molar-refractivity contribution in [3.05, 3.63) is 47.2 Å². The van der Waals surface area contributed by atoms with Gasteiger partial charge >= 0.3 is 0 Å². The lowest BCUT2D eigenvalue weighted by Crippen LogP contribution is -2.32. The molecule has 0 aliphatic heterocycles. The first-order valence-corrected chi connectivity index (χ1v) is 6.26. The van der Waals surface area contributed by atoms with E-state index in [4.69, 9.17) is 0 Å². The van der Waals surface area contributed by atoms with E-state index in [1.54, 1.807) is 11.6 Å². The molecule has 2 amide bonds. The highest BCUT2D eigenvalue weighted by Gasteiger charge is 2.08. The van der Waals surface area contributed by atoms with E-state index in [9.17, 15) is 14.0 Å². The van der Waals surface area contributed by atoms with Gasteiger partial charge in [0.05, 0.1) is 6.54 Å². The second kappa shape index (κ2) is 6.05. The van der Waals surface area contributed by atoms with E-state index in [1.807, 2.05) is 0 Å². The second-order valence-electron chi connectivity index (χ2n) is 3.58. The molecule has 0 bridgehead atoms. The summed E-state index contributed by atoms with van der Waals surface area (Å²) < 4.78 is 12.7.